The minimum absolute atomic E-state index is 0.329. The van der Waals surface area contributed by atoms with Crippen LogP contribution in [0.25, 0.3) is 0 Å². The quantitative estimate of drug-likeness (QED) is 0.168. The number of nitrogens with zero attached hydrogens (tertiary/aromatic N) is 1. The van der Waals surface area contributed by atoms with E-state index in [1.807, 2.05) is 0 Å². The van der Waals surface area contributed by atoms with Crippen molar-refractivity contribution in [1.82, 2.24) is 10.2 Å². The standard InChI is InChI=1S/C23H49ClN2/c1-23(24)19-18-21-25-20-16-14-12-10-8-6-4-5-7-9-11-13-15-17-22-26(2)3/h23,25H,4-22H2,1-3H3. The van der Waals surface area contributed by atoms with Crippen LogP contribution in [-0.4, -0.2) is 44.0 Å². The molecule has 1 N–H and O–H groups in total. The summed E-state index contributed by atoms with van der Waals surface area (Å²) < 4.78 is 0. The lowest BCUT2D eigenvalue weighted by atomic mass is 10.0. The molecule has 0 bridgehead atoms. The Bertz CT molecular complexity index is 231. The number of hydrogen-bond donors (Lipinski definition) is 1. The summed E-state index contributed by atoms with van der Waals surface area (Å²) in [6.45, 7) is 5.65. The fourth-order valence-electron chi connectivity index (χ4n) is 3.43. The van der Waals surface area contributed by atoms with Crippen LogP contribution in [0.1, 0.15) is 110 Å². The van der Waals surface area contributed by atoms with Crippen molar-refractivity contribution in [1.29, 1.82) is 0 Å². The summed E-state index contributed by atoms with van der Waals surface area (Å²) in [7, 11) is 4.34. The van der Waals surface area contributed by atoms with Crippen LogP contribution in [-0.2, 0) is 0 Å². The van der Waals surface area contributed by atoms with Crippen molar-refractivity contribution in [2.24, 2.45) is 0 Å². The third-order valence-corrected chi connectivity index (χ3v) is 5.38. The van der Waals surface area contributed by atoms with E-state index in [1.165, 1.54) is 109 Å². The second kappa shape index (κ2) is 21.5. The Balaban J connectivity index is 2.99. The van der Waals surface area contributed by atoms with E-state index in [0.717, 1.165) is 13.0 Å². The highest BCUT2D eigenvalue weighted by Crippen LogP contribution is 2.13. The van der Waals surface area contributed by atoms with E-state index < -0.39 is 0 Å². The molecule has 0 aromatic heterocycles. The first-order valence-electron chi connectivity index (χ1n) is 11.6. The van der Waals surface area contributed by atoms with Crippen LogP contribution in [0.3, 0.4) is 0 Å². The van der Waals surface area contributed by atoms with Gasteiger partial charge in [0.25, 0.3) is 0 Å². The van der Waals surface area contributed by atoms with Crippen molar-refractivity contribution < 1.29 is 0 Å². The van der Waals surface area contributed by atoms with Crippen LogP contribution < -0.4 is 5.32 Å². The maximum atomic E-state index is 5.94. The Morgan fingerprint density at radius 1 is 0.615 bits per heavy atom. The third kappa shape index (κ3) is 24.2. The number of alkyl halides is 1. The summed E-state index contributed by atoms with van der Waals surface area (Å²) in [5, 5.41) is 3.86. The smallest absolute Gasteiger partial charge is 0.0308 e. The van der Waals surface area contributed by atoms with Gasteiger partial charge in [0.2, 0.25) is 0 Å². The Hall–Kier alpha value is 0.210. The van der Waals surface area contributed by atoms with Crippen molar-refractivity contribution in [3.8, 4) is 0 Å². The molecule has 0 heterocycles. The summed E-state index contributed by atoms with van der Waals surface area (Å²) in [5.41, 5.74) is 0. The molecule has 0 fully saturated rings. The second-order valence-corrected chi connectivity index (χ2v) is 9.17. The van der Waals surface area contributed by atoms with E-state index in [2.05, 4.69) is 31.2 Å². The van der Waals surface area contributed by atoms with Crippen molar-refractivity contribution in [2.45, 2.75) is 115 Å². The molecular formula is C23H49ClN2. The van der Waals surface area contributed by atoms with Gasteiger partial charge in [-0.25, -0.2) is 0 Å². The SMILES string of the molecule is CC(Cl)CCCNCCCCCCCCCCCCCCCCN(C)C. The summed E-state index contributed by atoms with van der Waals surface area (Å²) in [6, 6.07) is 0. The molecule has 0 saturated heterocycles. The van der Waals surface area contributed by atoms with Crippen LogP contribution in [0, 0.1) is 0 Å². The zero-order valence-corrected chi connectivity index (χ0v) is 19.1. The van der Waals surface area contributed by atoms with Crippen LogP contribution in [0.5, 0.6) is 0 Å². The van der Waals surface area contributed by atoms with Crippen LogP contribution in [0.15, 0.2) is 0 Å². The molecule has 0 aliphatic heterocycles. The Labute approximate surface area is 170 Å². The molecule has 0 amide bonds. The van der Waals surface area contributed by atoms with E-state index >= 15 is 0 Å². The van der Waals surface area contributed by atoms with E-state index in [1.54, 1.807) is 0 Å². The number of halogens is 1. The average Bonchev–Trinajstić information content (AvgIpc) is 2.59. The first kappa shape index (κ1) is 26.2. The lowest BCUT2D eigenvalue weighted by Crippen LogP contribution is -2.17. The molecule has 0 radical (unpaired) electrons. The number of unbranched alkanes of at least 4 members (excludes halogenated alkanes) is 13. The van der Waals surface area contributed by atoms with Gasteiger partial charge in [-0.2, -0.15) is 0 Å². The lowest BCUT2D eigenvalue weighted by Gasteiger charge is -2.08. The van der Waals surface area contributed by atoms with Crippen LogP contribution in [0.2, 0.25) is 0 Å². The van der Waals surface area contributed by atoms with Crippen LogP contribution >= 0.6 is 11.6 Å². The third-order valence-electron chi connectivity index (χ3n) is 5.16. The number of nitrogens with one attached hydrogen (secondary N) is 1. The highest BCUT2D eigenvalue weighted by molar-refractivity contribution is 6.20. The fourth-order valence-corrected chi connectivity index (χ4v) is 3.59. The maximum absolute atomic E-state index is 5.94. The number of hydrogen-bond acceptors (Lipinski definition) is 2. The van der Waals surface area contributed by atoms with Crippen molar-refractivity contribution in [2.75, 3.05) is 33.7 Å². The summed E-state index contributed by atoms with van der Waals surface area (Å²) >= 11 is 5.94. The van der Waals surface area contributed by atoms with E-state index in [0.29, 0.717) is 5.38 Å². The molecular weight excluding hydrogens is 340 g/mol. The Morgan fingerprint density at radius 2 is 1.00 bits per heavy atom. The Kier molecular flexibility index (Phi) is 21.7. The topological polar surface area (TPSA) is 15.3 Å². The van der Waals surface area contributed by atoms with Crippen molar-refractivity contribution in [3.63, 3.8) is 0 Å². The molecule has 0 rings (SSSR count). The molecule has 3 heteroatoms. The molecule has 0 aliphatic rings. The van der Waals surface area contributed by atoms with Gasteiger partial charge in [0, 0.05) is 5.38 Å². The van der Waals surface area contributed by atoms with Gasteiger partial charge >= 0.3 is 0 Å². The van der Waals surface area contributed by atoms with Gasteiger partial charge in [0.15, 0.2) is 0 Å². The van der Waals surface area contributed by atoms with Gasteiger partial charge < -0.3 is 10.2 Å². The predicted molar refractivity (Wildman–Crippen MR) is 121 cm³/mol. The normalized spacial score (nSPS) is 12.8. The highest BCUT2D eigenvalue weighted by atomic mass is 35.5. The van der Waals surface area contributed by atoms with E-state index in [-0.39, 0.29) is 0 Å². The van der Waals surface area contributed by atoms with Gasteiger partial charge in [0.1, 0.15) is 0 Å². The van der Waals surface area contributed by atoms with E-state index in [9.17, 15) is 0 Å². The first-order valence-corrected chi connectivity index (χ1v) is 12.1. The molecule has 1 atom stereocenters. The molecule has 2 nitrogen and oxygen atoms in total. The predicted octanol–water partition coefficient (Wildman–Crippen LogP) is 7.01. The summed E-state index contributed by atoms with van der Waals surface area (Å²) in [5.74, 6) is 0. The van der Waals surface area contributed by atoms with Gasteiger partial charge in [-0.3, -0.25) is 0 Å². The van der Waals surface area contributed by atoms with Crippen molar-refractivity contribution >= 4 is 11.6 Å². The molecule has 1 unspecified atom stereocenters. The Morgan fingerprint density at radius 3 is 1.42 bits per heavy atom. The first-order chi connectivity index (χ1) is 12.6. The number of rotatable bonds is 21. The average molecular weight is 389 g/mol. The lowest BCUT2D eigenvalue weighted by molar-refractivity contribution is 0.389. The summed E-state index contributed by atoms with van der Waals surface area (Å²) in [4.78, 5) is 2.29. The minimum atomic E-state index is 0.329. The monoisotopic (exact) mass is 388 g/mol. The molecule has 0 saturated carbocycles. The molecule has 0 aliphatic carbocycles. The maximum Gasteiger partial charge on any atom is 0.0308 e. The van der Waals surface area contributed by atoms with Gasteiger partial charge in [-0.1, -0.05) is 77.0 Å². The second-order valence-electron chi connectivity index (χ2n) is 8.43. The molecule has 158 valence electrons. The zero-order valence-electron chi connectivity index (χ0n) is 18.3. The molecule has 0 spiro atoms. The largest absolute Gasteiger partial charge is 0.317 e. The zero-order chi connectivity index (χ0) is 19.3. The van der Waals surface area contributed by atoms with Gasteiger partial charge in [0.05, 0.1) is 0 Å². The molecule has 26 heavy (non-hydrogen) atoms. The fraction of sp³-hybridized carbons (Fsp3) is 1.00. The minimum Gasteiger partial charge on any atom is -0.317 e. The van der Waals surface area contributed by atoms with Crippen molar-refractivity contribution in [3.05, 3.63) is 0 Å². The highest BCUT2D eigenvalue weighted by Gasteiger charge is 1.97. The van der Waals surface area contributed by atoms with E-state index in [4.69, 9.17) is 11.6 Å². The van der Waals surface area contributed by atoms with Gasteiger partial charge in [-0.05, 0) is 66.3 Å². The van der Waals surface area contributed by atoms with Gasteiger partial charge in [-0.15, -0.1) is 11.6 Å². The molecule has 0 aromatic carbocycles. The molecule has 0 aromatic rings. The summed E-state index contributed by atoms with van der Waals surface area (Å²) in [6.07, 6.45) is 22.4. The van der Waals surface area contributed by atoms with Crippen LogP contribution in [0.4, 0.5) is 0 Å².